The van der Waals surface area contributed by atoms with E-state index in [4.69, 9.17) is 8.85 Å². The van der Waals surface area contributed by atoms with Crippen LogP contribution in [0.4, 0.5) is 0 Å². The van der Waals surface area contributed by atoms with E-state index in [9.17, 15) is 0 Å². The summed E-state index contributed by atoms with van der Waals surface area (Å²) in [7, 11) is -2.72. The molecule has 0 aliphatic rings. The molecule has 0 aliphatic carbocycles. The fourth-order valence-electron chi connectivity index (χ4n) is 2.46. The van der Waals surface area contributed by atoms with Crippen molar-refractivity contribution in [2.75, 3.05) is 13.2 Å². The lowest BCUT2D eigenvalue weighted by atomic mass is 10.4. The second-order valence-electron chi connectivity index (χ2n) is 5.74. The monoisotopic (exact) mass is 290 g/mol. The van der Waals surface area contributed by atoms with Gasteiger partial charge in [-0.05, 0) is 50.6 Å². The zero-order valence-electron chi connectivity index (χ0n) is 13.5. The summed E-state index contributed by atoms with van der Waals surface area (Å²) >= 11 is 0. The molecule has 0 amide bonds. The van der Waals surface area contributed by atoms with Gasteiger partial charge >= 0.3 is 0 Å². The Bertz CT molecular complexity index is 196. The Labute approximate surface area is 117 Å². The molecule has 0 N–H and O–H groups in total. The van der Waals surface area contributed by atoms with E-state index in [0.29, 0.717) is 0 Å². The minimum absolute atomic E-state index is 0.868. The number of hydrogen-bond acceptors (Lipinski definition) is 2. The molecule has 18 heavy (non-hydrogen) atoms. The third kappa shape index (κ3) is 7.07. The van der Waals surface area contributed by atoms with Crippen molar-refractivity contribution in [3.8, 4) is 0 Å². The van der Waals surface area contributed by atoms with Crippen LogP contribution in [-0.4, -0.2) is 29.8 Å². The average molecular weight is 291 g/mol. The summed E-state index contributed by atoms with van der Waals surface area (Å²) in [6.07, 6.45) is 2.47. The minimum atomic E-state index is -1.37. The van der Waals surface area contributed by atoms with Gasteiger partial charge in [-0.1, -0.05) is 27.2 Å². The molecule has 0 unspecified atom stereocenters. The fourth-order valence-corrected chi connectivity index (χ4v) is 7.18. The van der Waals surface area contributed by atoms with Gasteiger partial charge < -0.3 is 8.85 Å². The van der Waals surface area contributed by atoms with E-state index in [1.807, 2.05) is 0 Å². The van der Waals surface area contributed by atoms with Crippen molar-refractivity contribution in [1.29, 1.82) is 0 Å². The molecule has 0 aromatic heterocycles. The van der Waals surface area contributed by atoms with E-state index >= 15 is 0 Å². The predicted octanol–water partition coefficient (Wildman–Crippen LogP) is 5.03. The highest BCUT2D eigenvalue weighted by Gasteiger charge is 2.28. The summed E-state index contributed by atoms with van der Waals surface area (Å²) in [5, 5.41) is 0. The molecule has 2 nitrogen and oxygen atoms in total. The molecular weight excluding hydrogens is 256 g/mol. The maximum absolute atomic E-state index is 6.27. The maximum Gasteiger partial charge on any atom is 0.191 e. The summed E-state index contributed by atoms with van der Waals surface area (Å²) in [5.41, 5.74) is 0. The second kappa shape index (κ2) is 9.29. The molecule has 0 saturated carbocycles. The highest BCUT2D eigenvalue weighted by molar-refractivity contribution is 6.73. The van der Waals surface area contributed by atoms with Crippen molar-refractivity contribution in [3.05, 3.63) is 0 Å². The van der Waals surface area contributed by atoms with Crippen LogP contribution in [0.15, 0.2) is 0 Å². The summed E-state index contributed by atoms with van der Waals surface area (Å²) in [6.45, 7) is 15.5. The molecule has 0 aliphatic heterocycles. The van der Waals surface area contributed by atoms with Gasteiger partial charge in [0.05, 0.1) is 0 Å². The molecule has 0 bridgehead atoms. The summed E-state index contributed by atoms with van der Waals surface area (Å²) in [6, 6.07) is 5.06. The van der Waals surface area contributed by atoms with Crippen LogP contribution in [0.3, 0.4) is 0 Å². The quantitative estimate of drug-likeness (QED) is 0.392. The Balaban J connectivity index is 3.79. The smallest absolute Gasteiger partial charge is 0.191 e. The zero-order valence-corrected chi connectivity index (χ0v) is 15.5. The third-order valence-electron chi connectivity index (χ3n) is 4.05. The van der Waals surface area contributed by atoms with Gasteiger partial charge in [-0.15, -0.1) is 0 Å². The van der Waals surface area contributed by atoms with Gasteiger partial charge in [0, 0.05) is 13.2 Å². The molecule has 0 aromatic carbocycles. The molecule has 0 rings (SSSR count). The van der Waals surface area contributed by atoms with E-state index in [1.54, 1.807) is 0 Å². The SMILES string of the molecule is CCO[Si](C)(C)CCCCO[Si](CC)(CC)CC. The molecule has 0 fully saturated rings. The molecule has 0 saturated heterocycles. The van der Waals surface area contributed by atoms with Crippen LogP contribution in [0.5, 0.6) is 0 Å². The molecule has 0 radical (unpaired) electrons. The van der Waals surface area contributed by atoms with E-state index in [-0.39, 0.29) is 0 Å². The van der Waals surface area contributed by atoms with E-state index < -0.39 is 16.6 Å². The average Bonchev–Trinajstić information content (AvgIpc) is 2.34. The minimum Gasteiger partial charge on any atom is -0.418 e. The van der Waals surface area contributed by atoms with Gasteiger partial charge in [0.2, 0.25) is 0 Å². The third-order valence-corrected chi connectivity index (χ3v) is 11.4. The standard InChI is InChI=1S/C14H34O2Si2/c1-7-15-17(5,6)14-12-11-13-16-18(8-2,9-3)10-4/h7-14H2,1-6H3. The first-order chi connectivity index (χ1) is 8.45. The first-order valence-corrected chi connectivity index (χ1v) is 13.4. The largest absolute Gasteiger partial charge is 0.418 e. The van der Waals surface area contributed by atoms with Crippen LogP contribution in [-0.2, 0) is 8.85 Å². The lowest BCUT2D eigenvalue weighted by Crippen LogP contribution is -2.36. The van der Waals surface area contributed by atoms with Crippen LogP contribution in [0.2, 0.25) is 37.3 Å². The maximum atomic E-state index is 6.27. The Morgan fingerprint density at radius 3 is 1.78 bits per heavy atom. The van der Waals surface area contributed by atoms with Crippen LogP contribution in [0.25, 0.3) is 0 Å². The Hall–Kier alpha value is 0.354. The van der Waals surface area contributed by atoms with Crippen molar-refractivity contribution in [3.63, 3.8) is 0 Å². The van der Waals surface area contributed by atoms with Gasteiger partial charge in [-0.2, -0.15) is 0 Å². The Morgan fingerprint density at radius 1 is 0.778 bits per heavy atom. The van der Waals surface area contributed by atoms with E-state index in [2.05, 4.69) is 40.8 Å². The van der Waals surface area contributed by atoms with Crippen LogP contribution < -0.4 is 0 Å². The van der Waals surface area contributed by atoms with E-state index in [0.717, 1.165) is 13.2 Å². The molecule has 110 valence electrons. The highest BCUT2D eigenvalue weighted by atomic mass is 28.4. The first kappa shape index (κ1) is 18.4. The number of unbranched alkanes of at least 4 members (excludes halogenated alkanes) is 1. The van der Waals surface area contributed by atoms with Gasteiger partial charge in [0.25, 0.3) is 0 Å². The summed E-state index contributed by atoms with van der Waals surface area (Å²) in [4.78, 5) is 0. The Morgan fingerprint density at radius 2 is 1.33 bits per heavy atom. The van der Waals surface area contributed by atoms with Gasteiger partial charge in [0.1, 0.15) is 0 Å². The summed E-state index contributed by atoms with van der Waals surface area (Å²) < 4.78 is 12.1. The van der Waals surface area contributed by atoms with Crippen molar-refractivity contribution in [2.45, 2.75) is 77.8 Å². The molecule has 4 heteroatoms. The summed E-state index contributed by atoms with van der Waals surface area (Å²) in [5.74, 6) is 0. The first-order valence-electron chi connectivity index (χ1n) is 7.73. The van der Waals surface area contributed by atoms with Crippen LogP contribution in [0.1, 0.15) is 40.5 Å². The van der Waals surface area contributed by atoms with Crippen LogP contribution >= 0.6 is 0 Å². The van der Waals surface area contributed by atoms with Crippen LogP contribution in [0, 0.1) is 0 Å². The Kier molecular flexibility index (Phi) is 9.47. The number of hydrogen-bond donors (Lipinski definition) is 0. The van der Waals surface area contributed by atoms with Gasteiger partial charge in [-0.3, -0.25) is 0 Å². The van der Waals surface area contributed by atoms with Crippen molar-refractivity contribution >= 4 is 16.6 Å². The van der Waals surface area contributed by atoms with Gasteiger partial charge in [-0.25, -0.2) is 0 Å². The second-order valence-corrected chi connectivity index (χ2v) is 14.8. The molecule has 0 heterocycles. The van der Waals surface area contributed by atoms with Crippen molar-refractivity contribution in [1.82, 2.24) is 0 Å². The fraction of sp³-hybridized carbons (Fsp3) is 1.00. The molecule has 0 spiro atoms. The highest BCUT2D eigenvalue weighted by Crippen LogP contribution is 2.22. The molecule has 0 atom stereocenters. The predicted molar refractivity (Wildman–Crippen MR) is 86.3 cm³/mol. The van der Waals surface area contributed by atoms with Gasteiger partial charge in [0.15, 0.2) is 16.6 Å². The van der Waals surface area contributed by atoms with Crippen molar-refractivity contribution < 1.29 is 8.85 Å². The normalized spacial score (nSPS) is 13.0. The lowest BCUT2D eigenvalue weighted by molar-refractivity contribution is 0.288. The topological polar surface area (TPSA) is 18.5 Å². The zero-order chi connectivity index (χ0) is 14.1. The molecular formula is C14H34O2Si2. The lowest BCUT2D eigenvalue weighted by Gasteiger charge is -2.28. The molecule has 0 aromatic rings. The van der Waals surface area contributed by atoms with Crippen molar-refractivity contribution in [2.24, 2.45) is 0 Å². The number of rotatable bonds is 11. The van der Waals surface area contributed by atoms with E-state index in [1.165, 1.54) is 37.0 Å².